The zero-order chi connectivity index (χ0) is 14.7. The van der Waals surface area contributed by atoms with Gasteiger partial charge < -0.3 is 10.8 Å². The van der Waals surface area contributed by atoms with Gasteiger partial charge in [-0.25, -0.2) is 4.79 Å². The van der Waals surface area contributed by atoms with Gasteiger partial charge in [0, 0.05) is 16.9 Å². The quantitative estimate of drug-likeness (QED) is 0.875. The predicted octanol–water partition coefficient (Wildman–Crippen LogP) is 1.84. The number of carbonyl (C=O) groups is 2. The van der Waals surface area contributed by atoms with Crippen LogP contribution in [0, 0.1) is 5.92 Å². The summed E-state index contributed by atoms with van der Waals surface area (Å²) in [7, 11) is 0. The Morgan fingerprint density at radius 3 is 2.50 bits per heavy atom. The number of benzene rings is 1. The molecule has 1 aromatic rings. The largest absolute Gasteiger partial charge is 0.478 e. The van der Waals surface area contributed by atoms with Crippen LogP contribution in [0.4, 0.5) is 0 Å². The van der Waals surface area contributed by atoms with Crippen molar-refractivity contribution in [2.75, 3.05) is 13.1 Å². The maximum atomic E-state index is 11.1. The minimum atomic E-state index is -0.931. The van der Waals surface area contributed by atoms with Gasteiger partial charge in [0.2, 0.25) is 5.91 Å². The number of amides is 1. The highest BCUT2D eigenvalue weighted by Gasteiger charge is 2.23. The number of aromatic carboxylic acids is 1. The normalized spacial score (nSPS) is 17.1. The Balaban J connectivity index is 1.98. The van der Waals surface area contributed by atoms with E-state index in [0.29, 0.717) is 0 Å². The summed E-state index contributed by atoms with van der Waals surface area (Å²) in [5, 5.41) is 8.93. The number of piperidine rings is 1. The molecule has 0 spiro atoms. The van der Waals surface area contributed by atoms with Crippen LogP contribution in [0.1, 0.15) is 28.8 Å². The number of carbonyl (C=O) groups excluding carboxylic acids is 1. The zero-order valence-electron chi connectivity index (χ0n) is 11.0. The Morgan fingerprint density at radius 2 is 2.00 bits per heavy atom. The van der Waals surface area contributed by atoms with Crippen LogP contribution in [-0.4, -0.2) is 35.0 Å². The summed E-state index contributed by atoms with van der Waals surface area (Å²) in [6.45, 7) is 2.41. The van der Waals surface area contributed by atoms with Gasteiger partial charge >= 0.3 is 5.97 Å². The molecule has 0 bridgehead atoms. The Bertz CT molecular complexity index is 525. The van der Waals surface area contributed by atoms with E-state index in [1.165, 1.54) is 0 Å². The second-order valence-electron chi connectivity index (χ2n) is 5.06. The van der Waals surface area contributed by atoms with Gasteiger partial charge in [-0.1, -0.05) is 22.0 Å². The number of nitrogens with zero attached hydrogens (tertiary/aromatic N) is 1. The van der Waals surface area contributed by atoms with Gasteiger partial charge in [0.05, 0.1) is 5.56 Å². The third-order valence-corrected chi connectivity index (χ3v) is 4.42. The maximum Gasteiger partial charge on any atom is 0.335 e. The third kappa shape index (κ3) is 3.58. The number of primary amides is 1. The summed E-state index contributed by atoms with van der Waals surface area (Å²) in [4.78, 5) is 24.2. The Morgan fingerprint density at radius 1 is 1.35 bits per heavy atom. The average molecular weight is 341 g/mol. The van der Waals surface area contributed by atoms with Crippen molar-refractivity contribution in [2.24, 2.45) is 11.7 Å². The summed E-state index contributed by atoms with van der Waals surface area (Å²) >= 11 is 3.41. The summed E-state index contributed by atoms with van der Waals surface area (Å²) in [5.41, 5.74) is 6.63. The zero-order valence-corrected chi connectivity index (χ0v) is 12.6. The van der Waals surface area contributed by atoms with Crippen LogP contribution >= 0.6 is 15.9 Å². The molecule has 1 amide bonds. The second-order valence-corrected chi connectivity index (χ2v) is 5.92. The van der Waals surface area contributed by atoms with Gasteiger partial charge in [0.15, 0.2) is 0 Å². The molecule has 0 saturated carbocycles. The number of nitrogens with two attached hydrogens (primary N) is 1. The number of rotatable bonds is 4. The van der Waals surface area contributed by atoms with Crippen molar-refractivity contribution in [2.45, 2.75) is 19.4 Å². The summed E-state index contributed by atoms with van der Waals surface area (Å²) < 4.78 is 0.800. The molecular weight excluding hydrogens is 324 g/mol. The number of hydrogen-bond donors (Lipinski definition) is 2. The first-order valence-electron chi connectivity index (χ1n) is 6.50. The molecule has 5 nitrogen and oxygen atoms in total. The number of halogens is 1. The van der Waals surface area contributed by atoms with E-state index in [1.54, 1.807) is 12.1 Å². The van der Waals surface area contributed by atoms with Crippen LogP contribution in [0.2, 0.25) is 0 Å². The van der Waals surface area contributed by atoms with Crippen LogP contribution in [0.25, 0.3) is 0 Å². The van der Waals surface area contributed by atoms with Gasteiger partial charge in [0.1, 0.15) is 0 Å². The van der Waals surface area contributed by atoms with Crippen LogP contribution in [0.3, 0.4) is 0 Å². The van der Waals surface area contributed by atoms with Gasteiger partial charge in [-0.15, -0.1) is 0 Å². The first kappa shape index (κ1) is 15.0. The highest BCUT2D eigenvalue weighted by molar-refractivity contribution is 9.10. The van der Waals surface area contributed by atoms with E-state index in [2.05, 4.69) is 20.8 Å². The van der Waals surface area contributed by atoms with Crippen molar-refractivity contribution >= 4 is 27.8 Å². The average Bonchev–Trinajstić information content (AvgIpc) is 2.41. The molecule has 1 heterocycles. The molecule has 1 saturated heterocycles. The van der Waals surface area contributed by atoms with Crippen molar-refractivity contribution < 1.29 is 14.7 Å². The van der Waals surface area contributed by atoms with Crippen molar-refractivity contribution in [3.8, 4) is 0 Å². The Kier molecular flexibility index (Phi) is 4.77. The van der Waals surface area contributed by atoms with Crippen molar-refractivity contribution in [3.05, 3.63) is 33.8 Å². The lowest BCUT2D eigenvalue weighted by Crippen LogP contribution is -2.38. The van der Waals surface area contributed by atoms with Crippen LogP contribution in [-0.2, 0) is 11.3 Å². The van der Waals surface area contributed by atoms with E-state index in [-0.39, 0.29) is 17.4 Å². The Hall–Kier alpha value is -1.40. The molecule has 1 aliphatic rings. The molecular formula is C14H17BrN2O3. The van der Waals surface area contributed by atoms with E-state index >= 15 is 0 Å². The lowest BCUT2D eigenvalue weighted by atomic mass is 9.96. The number of hydrogen-bond acceptors (Lipinski definition) is 3. The van der Waals surface area contributed by atoms with E-state index < -0.39 is 5.97 Å². The molecule has 108 valence electrons. The molecule has 1 aliphatic heterocycles. The first-order valence-corrected chi connectivity index (χ1v) is 7.30. The monoisotopic (exact) mass is 340 g/mol. The molecule has 6 heteroatoms. The molecule has 0 atom stereocenters. The smallest absolute Gasteiger partial charge is 0.335 e. The molecule has 1 fully saturated rings. The van der Waals surface area contributed by atoms with Crippen LogP contribution in [0.15, 0.2) is 22.7 Å². The first-order chi connectivity index (χ1) is 9.47. The SMILES string of the molecule is NC(=O)C1CCN(Cc2ccc(C(=O)O)cc2Br)CC1. The second kappa shape index (κ2) is 6.37. The van der Waals surface area contributed by atoms with Crippen molar-refractivity contribution in [1.29, 1.82) is 0 Å². The fraction of sp³-hybridized carbons (Fsp3) is 0.429. The van der Waals surface area contributed by atoms with E-state index in [9.17, 15) is 9.59 Å². The van der Waals surface area contributed by atoms with Gasteiger partial charge in [-0.05, 0) is 43.6 Å². The molecule has 20 heavy (non-hydrogen) atoms. The standard InChI is InChI=1S/C14H17BrN2O3/c15-12-7-10(14(19)20)1-2-11(12)8-17-5-3-9(4-6-17)13(16)18/h1-2,7,9H,3-6,8H2,(H2,16,18)(H,19,20). The van der Waals surface area contributed by atoms with E-state index in [0.717, 1.165) is 42.5 Å². The summed E-state index contributed by atoms with van der Waals surface area (Å²) in [6, 6.07) is 5.06. The maximum absolute atomic E-state index is 11.1. The number of carboxylic acid groups (broad SMARTS) is 1. The molecule has 0 unspecified atom stereocenters. The fourth-order valence-corrected chi connectivity index (χ4v) is 2.93. The minimum absolute atomic E-state index is 0.0101. The minimum Gasteiger partial charge on any atom is -0.478 e. The number of likely N-dealkylation sites (tertiary alicyclic amines) is 1. The molecule has 0 aromatic heterocycles. The molecule has 1 aromatic carbocycles. The van der Waals surface area contributed by atoms with Crippen molar-refractivity contribution in [1.82, 2.24) is 4.90 Å². The third-order valence-electron chi connectivity index (χ3n) is 3.68. The van der Waals surface area contributed by atoms with Gasteiger partial charge in [0.25, 0.3) is 0 Å². The van der Waals surface area contributed by atoms with E-state index in [4.69, 9.17) is 10.8 Å². The lowest BCUT2D eigenvalue weighted by molar-refractivity contribution is -0.123. The number of carboxylic acids is 1. The lowest BCUT2D eigenvalue weighted by Gasteiger charge is -2.30. The highest BCUT2D eigenvalue weighted by atomic mass is 79.9. The topological polar surface area (TPSA) is 83.6 Å². The van der Waals surface area contributed by atoms with E-state index in [1.807, 2.05) is 6.07 Å². The molecule has 0 radical (unpaired) electrons. The van der Waals surface area contributed by atoms with Gasteiger partial charge in [-0.2, -0.15) is 0 Å². The molecule has 2 rings (SSSR count). The van der Waals surface area contributed by atoms with Crippen molar-refractivity contribution in [3.63, 3.8) is 0 Å². The molecule has 3 N–H and O–H groups in total. The Labute approximate surface area is 125 Å². The predicted molar refractivity (Wildman–Crippen MR) is 78.3 cm³/mol. The summed E-state index contributed by atoms with van der Waals surface area (Å²) in [5.74, 6) is -1.15. The highest BCUT2D eigenvalue weighted by Crippen LogP contribution is 2.23. The van der Waals surface area contributed by atoms with Crippen LogP contribution in [0.5, 0.6) is 0 Å². The van der Waals surface area contributed by atoms with Gasteiger partial charge in [-0.3, -0.25) is 9.69 Å². The molecule has 0 aliphatic carbocycles. The van der Waals surface area contributed by atoms with Crippen LogP contribution < -0.4 is 5.73 Å². The summed E-state index contributed by atoms with van der Waals surface area (Å²) in [6.07, 6.45) is 1.58. The fourth-order valence-electron chi connectivity index (χ4n) is 2.43.